The molecule has 29 heavy (non-hydrogen) atoms. The van der Waals surface area contributed by atoms with Crippen molar-refractivity contribution < 1.29 is 9.59 Å². The molecule has 2 aromatic rings. The van der Waals surface area contributed by atoms with E-state index < -0.39 is 6.04 Å². The summed E-state index contributed by atoms with van der Waals surface area (Å²) < 4.78 is 0. The second-order valence-electron chi connectivity index (χ2n) is 7.57. The van der Waals surface area contributed by atoms with Crippen LogP contribution in [0.15, 0.2) is 42.5 Å². The summed E-state index contributed by atoms with van der Waals surface area (Å²) in [5.41, 5.74) is 2.98. The number of hydrogen-bond donors (Lipinski definition) is 2. The number of carbonyl (C=O) groups is 2. The van der Waals surface area contributed by atoms with Crippen molar-refractivity contribution in [3.05, 3.63) is 53.9 Å². The van der Waals surface area contributed by atoms with E-state index in [-0.39, 0.29) is 11.8 Å². The van der Waals surface area contributed by atoms with E-state index in [9.17, 15) is 9.59 Å². The van der Waals surface area contributed by atoms with Gasteiger partial charge in [-0.3, -0.25) is 9.59 Å². The van der Waals surface area contributed by atoms with Crippen molar-refractivity contribution in [3.8, 4) is 0 Å². The van der Waals surface area contributed by atoms with Gasteiger partial charge in [-0.2, -0.15) is 0 Å². The Morgan fingerprint density at radius 3 is 2.62 bits per heavy atom. The SMILES string of the molecule is CCCCC(NC(=O)c1cccc(C)n1)C(=O)Nc1cccc(N2CCCC2)c1. The number of pyridine rings is 1. The standard InChI is InChI=1S/C23H30N4O2/c1-3-4-12-21(26-23(29)20-13-7-9-17(2)24-20)22(28)25-18-10-8-11-19(16-18)27-14-5-6-15-27/h7-11,13,16,21H,3-6,12,14-15H2,1-2H3,(H,25,28)(H,26,29). The van der Waals surface area contributed by atoms with E-state index in [4.69, 9.17) is 0 Å². The minimum absolute atomic E-state index is 0.196. The van der Waals surface area contributed by atoms with Gasteiger partial charge in [-0.15, -0.1) is 0 Å². The van der Waals surface area contributed by atoms with E-state index in [0.717, 1.165) is 43.0 Å². The van der Waals surface area contributed by atoms with Crippen LogP contribution in [0.1, 0.15) is 55.2 Å². The largest absolute Gasteiger partial charge is 0.371 e. The van der Waals surface area contributed by atoms with Crippen LogP contribution in [0.5, 0.6) is 0 Å². The number of anilines is 2. The summed E-state index contributed by atoms with van der Waals surface area (Å²) in [6.45, 7) is 6.01. The summed E-state index contributed by atoms with van der Waals surface area (Å²) in [7, 11) is 0. The average molecular weight is 395 g/mol. The molecule has 0 bridgehead atoms. The van der Waals surface area contributed by atoms with E-state index in [2.05, 4.69) is 33.5 Å². The van der Waals surface area contributed by atoms with Crippen LogP contribution >= 0.6 is 0 Å². The zero-order valence-corrected chi connectivity index (χ0v) is 17.3. The summed E-state index contributed by atoms with van der Waals surface area (Å²) in [5.74, 6) is -0.520. The summed E-state index contributed by atoms with van der Waals surface area (Å²) in [5, 5.41) is 5.84. The van der Waals surface area contributed by atoms with Crippen LogP contribution in [-0.2, 0) is 4.79 Å². The van der Waals surface area contributed by atoms with Gasteiger partial charge in [0.15, 0.2) is 0 Å². The Kier molecular flexibility index (Phi) is 7.22. The number of nitrogens with one attached hydrogen (secondary N) is 2. The number of rotatable bonds is 8. The molecule has 1 unspecified atom stereocenters. The van der Waals surface area contributed by atoms with Gasteiger partial charge >= 0.3 is 0 Å². The molecule has 6 nitrogen and oxygen atoms in total. The number of nitrogens with zero attached hydrogens (tertiary/aromatic N) is 2. The molecule has 2 amide bonds. The fourth-order valence-corrected chi connectivity index (χ4v) is 3.56. The van der Waals surface area contributed by atoms with Crippen LogP contribution in [0.2, 0.25) is 0 Å². The molecule has 0 spiro atoms. The van der Waals surface area contributed by atoms with Crippen molar-refractivity contribution in [1.29, 1.82) is 0 Å². The molecule has 0 aliphatic carbocycles. The summed E-state index contributed by atoms with van der Waals surface area (Å²) in [6.07, 6.45) is 4.80. The second-order valence-corrected chi connectivity index (χ2v) is 7.57. The van der Waals surface area contributed by atoms with Gasteiger partial charge in [-0.05, 0) is 56.5 Å². The molecule has 2 heterocycles. The predicted molar refractivity (Wildman–Crippen MR) is 116 cm³/mol. The molecule has 2 N–H and O–H groups in total. The first-order chi connectivity index (χ1) is 14.1. The molecule has 1 fully saturated rings. The Hall–Kier alpha value is -2.89. The van der Waals surface area contributed by atoms with Crippen molar-refractivity contribution in [2.75, 3.05) is 23.3 Å². The molecule has 1 aromatic carbocycles. The lowest BCUT2D eigenvalue weighted by Crippen LogP contribution is -2.44. The maximum Gasteiger partial charge on any atom is 0.270 e. The molecule has 1 aromatic heterocycles. The lowest BCUT2D eigenvalue weighted by molar-refractivity contribution is -0.118. The molecule has 6 heteroatoms. The Morgan fingerprint density at radius 1 is 1.14 bits per heavy atom. The molecule has 1 aliphatic rings. The van der Waals surface area contributed by atoms with E-state index >= 15 is 0 Å². The number of aromatic nitrogens is 1. The normalized spacial score (nSPS) is 14.5. The number of aryl methyl sites for hydroxylation is 1. The maximum atomic E-state index is 12.9. The smallest absolute Gasteiger partial charge is 0.270 e. The van der Waals surface area contributed by atoms with Crippen LogP contribution in [0.3, 0.4) is 0 Å². The van der Waals surface area contributed by atoms with Gasteiger partial charge in [0.2, 0.25) is 5.91 Å². The van der Waals surface area contributed by atoms with Crippen LogP contribution < -0.4 is 15.5 Å². The third-order valence-corrected chi connectivity index (χ3v) is 5.17. The van der Waals surface area contributed by atoms with Crippen molar-refractivity contribution in [2.45, 2.75) is 52.0 Å². The second kappa shape index (κ2) is 10.0. The van der Waals surface area contributed by atoms with E-state index in [1.165, 1.54) is 12.8 Å². The van der Waals surface area contributed by atoms with Crippen molar-refractivity contribution >= 4 is 23.2 Å². The Balaban J connectivity index is 1.68. The quantitative estimate of drug-likeness (QED) is 0.712. The molecule has 1 saturated heterocycles. The first-order valence-electron chi connectivity index (χ1n) is 10.5. The van der Waals surface area contributed by atoms with Crippen molar-refractivity contribution in [1.82, 2.24) is 10.3 Å². The fraction of sp³-hybridized carbons (Fsp3) is 0.435. The number of hydrogen-bond acceptors (Lipinski definition) is 4. The lowest BCUT2D eigenvalue weighted by atomic mass is 10.1. The Labute approximate surface area is 172 Å². The highest BCUT2D eigenvalue weighted by Crippen LogP contribution is 2.23. The Morgan fingerprint density at radius 2 is 1.90 bits per heavy atom. The first kappa shape index (κ1) is 20.8. The number of unbranched alkanes of at least 4 members (excludes halogenated alkanes) is 1. The van der Waals surface area contributed by atoms with Crippen LogP contribution in [0.25, 0.3) is 0 Å². The minimum Gasteiger partial charge on any atom is -0.371 e. The highest BCUT2D eigenvalue weighted by molar-refractivity contribution is 6.00. The van der Waals surface area contributed by atoms with Crippen LogP contribution in [0, 0.1) is 6.92 Å². The monoisotopic (exact) mass is 394 g/mol. The van der Waals surface area contributed by atoms with E-state index in [0.29, 0.717) is 12.1 Å². The predicted octanol–water partition coefficient (Wildman–Crippen LogP) is 3.92. The zero-order chi connectivity index (χ0) is 20.6. The number of carbonyl (C=O) groups excluding carboxylic acids is 2. The van der Waals surface area contributed by atoms with Gasteiger partial charge in [0.25, 0.3) is 5.91 Å². The van der Waals surface area contributed by atoms with Gasteiger partial charge in [0, 0.05) is 30.2 Å². The number of benzene rings is 1. The first-order valence-corrected chi connectivity index (χ1v) is 10.5. The van der Waals surface area contributed by atoms with E-state index in [1.807, 2.05) is 31.2 Å². The van der Waals surface area contributed by atoms with Gasteiger partial charge in [-0.25, -0.2) is 4.98 Å². The third-order valence-electron chi connectivity index (χ3n) is 5.17. The highest BCUT2D eigenvalue weighted by atomic mass is 16.2. The fourth-order valence-electron chi connectivity index (χ4n) is 3.56. The molecular formula is C23H30N4O2. The zero-order valence-electron chi connectivity index (χ0n) is 17.3. The van der Waals surface area contributed by atoms with E-state index in [1.54, 1.807) is 12.1 Å². The van der Waals surface area contributed by atoms with Crippen molar-refractivity contribution in [3.63, 3.8) is 0 Å². The highest BCUT2D eigenvalue weighted by Gasteiger charge is 2.22. The third kappa shape index (κ3) is 5.79. The lowest BCUT2D eigenvalue weighted by Gasteiger charge is -2.20. The molecule has 1 aliphatic heterocycles. The Bertz CT molecular complexity index is 846. The van der Waals surface area contributed by atoms with Crippen LogP contribution in [0.4, 0.5) is 11.4 Å². The summed E-state index contributed by atoms with van der Waals surface area (Å²) in [4.78, 5) is 32.1. The number of amides is 2. The minimum atomic E-state index is -0.597. The van der Waals surface area contributed by atoms with Gasteiger partial charge in [-0.1, -0.05) is 31.9 Å². The molecule has 0 saturated carbocycles. The van der Waals surface area contributed by atoms with Gasteiger partial charge in [0.1, 0.15) is 11.7 Å². The average Bonchev–Trinajstić information content (AvgIpc) is 3.26. The van der Waals surface area contributed by atoms with Gasteiger partial charge in [0.05, 0.1) is 0 Å². The molecule has 154 valence electrons. The summed E-state index contributed by atoms with van der Waals surface area (Å²) in [6, 6.07) is 12.6. The van der Waals surface area contributed by atoms with Gasteiger partial charge < -0.3 is 15.5 Å². The molecular weight excluding hydrogens is 364 g/mol. The molecule has 1 atom stereocenters. The molecule has 0 radical (unpaired) electrons. The van der Waals surface area contributed by atoms with Crippen LogP contribution in [-0.4, -0.2) is 35.9 Å². The topological polar surface area (TPSA) is 74.3 Å². The van der Waals surface area contributed by atoms with Crippen molar-refractivity contribution in [2.24, 2.45) is 0 Å². The molecule has 3 rings (SSSR count). The summed E-state index contributed by atoms with van der Waals surface area (Å²) >= 11 is 0. The maximum absolute atomic E-state index is 12.9.